The van der Waals surface area contributed by atoms with Crippen molar-refractivity contribution < 1.29 is 96.1 Å². The number of imidazole rings is 3. The van der Waals surface area contributed by atoms with Crippen LogP contribution in [0.15, 0.2) is 80.4 Å². The summed E-state index contributed by atoms with van der Waals surface area (Å²) in [4.78, 5) is 280. The number of hydrogen-bond acceptors (Lipinski definition) is 30. The number of H-pyrrole nitrogens is 4. The molecule has 0 saturated carbocycles. The number of para-hydroxylation sites is 1. The number of ether oxygens (including phenoxy) is 1. The summed E-state index contributed by atoms with van der Waals surface area (Å²) in [5, 5.41) is 80.0. The Morgan fingerprint density at radius 2 is 1.19 bits per heavy atom. The average molecular weight is 2090 g/mol. The van der Waals surface area contributed by atoms with Gasteiger partial charge in [-0.05, 0) is 108 Å². The number of aliphatic hydroxyl groups is 1. The van der Waals surface area contributed by atoms with E-state index >= 15 is 14.4 Å². The lowest BCUT2D eigenvalue weighted by atomic mass is 9.91. The molecule has 54 nitrogen and oxygen atoms in total. The highest BCUT2D eigenvalue weighted by Crippen LogP contribution is 2.34. The maximum atomic E-state index is 15.6. The molecule has 11 heterocycles. The molecule has 16 atom stereocenters. The molecule has 806 valence electrons. The summed E-state index contributed by atoms with van der Waals surface area (Å²) in [5.74, 6) is -15.2. The normalized spacial score (nSPS) is 24.0. The van der Waals surface area contributed by atoms with Crippen LogP contribution >= 0.6 is 11.8 Å². The summed E-state index contributed by atoms with van der Waals surface area (Å²) in [6, 6.07) is -7.13. The van der Waals surface area contributed by atoms with E-state index in [9.17, 15) is 77.0 Å². The Kier molecular flexibility index (Phi) is 42.8. The molecule has 1 aromatic carbocycles. The van der Waals surface area contributed by atoms with Crippen molar-refractivity contribution >= 4 is 135 Å². The van der Waals surface area contributed by atoms with Crippen molar-refractivity contribution in [2.75, 3.05) is 64.8 Å². The number of rotatable bonds is 34. The summed E-state index contributed by atoms with van der Waals surface area (Å²) < 4.78 is 8.79. The second kappa shape index (κ2) is 56.7. The number of carbonyl (C=O) groups excluding carboxylic acids is 18. The standard InChI is InChI=1S/C94H134N34O20S/c1-52(129)81-91(145)118-70(31-55-38-105-63-17-3-2-15-61(55)63)92(146)128-28-13-20-72(128)90(144)116-67(37-60-46-127(125-123-60)26-10-7-16-62(95)85(139)106-42-79(135)115-69(89(143)120-81)36-58-41-101-51-111-58)73(130)32-53(14-6-9-23-102-76(132)22-5-4-21-75-82-71(48-149-75)119-94(147)121-82)84(138)103-25-29-148-47-80(136)113-65-18-8-11-27-126-45-59(122-124-126)30-54(83(96)137)33-74(131)66(34-56-39-99-49-109-56)114-78(134)44-107-86(140)64(19-12-24-104-93(97)98)112-77(133)43-108-87(141)68(117-88(65)142)35-57-40-100-50-110-57/h2-3,15,17,38-41,45-46,49-54,62,64-72,75,81-82,105,129H,4-14,16,18-37,42-44,47-48,95H2,1H3,(H2,96,137)(H,99,109)(H,100,110)(H,101,111)(H,102,132)(H,103,138)(H,106,139)(H,107,140)(H,108,141)(H,112,133)(H,113,136)(H,114,134)(H,115,135)(H,116,144)(H,117,142)(H,118,145)(H,120,143)(H4,97,98,104)(H2,119,121,147)/t52?,53-,54-,62+,64-,65+,66-,67+,68-,69-,70-,71+,72-,75?,81-,82+/m1/s1. The number of aliphatic hydroxyl groups excluding tert-OH is 1. The number of aromatic nitrogens is 13. The molecule has 28 N–H and O–H groups in total. The Balaban J connectivity index is 0.755. The van der Waals surface area contributed by atoms with E-state index in [1.54, 1.807) is 48.4 Å². The first-order chi connectivity index (χ1) is 71.7. The van der Waals surface area contributed by atoms with E-state index < -0.39 is 212 Å². The van der Waals surface area contributed by atoms with Crippen LogP contribution in [0.1, 0.15) is 163 Å². The smallest absolute Gasteiger partial charge is 0.315 e. The molecular formula is C94H134N34O20S. The van der Waals surface area contributed by atoms with Crippen LogP contribution in [0.3, 0.4) is 0 Å². The average Bonchev–Trinajstić information content (AvgIpc) is 1.67. The number of carbonyl (C=O) groups is 18. The van der Waals surface area contributed by atoms with Crippen molar-refractivity contribution in [1.82, 2.24) is 155 Å². The highest BCUT2D eigenvalue weighted by atomic mass is 32.2. The van der Waals surface area contributed by atoms with Crippen molar-refractivity contribution in [2.24, 2.45) is 29.0 Å². The lowest BCUT2D eigenvalue weighted by Gasteiger charge is -2.31. The fourth-order valence-electron chi connectivity index (χ4n) is 18.3. The van der Waals surface area contributed by atoms with Gasteiger partial charge in [-0.3, -0.25) is 96.3 Å². The first-order valence-electron chi connectivity index (χ1n) is 50.2. The molecular weight excluding hydrogens is 1960 g/mol. The zero-order chi connectivity index (χ0) is 106. The molecule has 2 unspecified atom stereocenters. The minimum Gasteiger partial charge on any atom is -0.391 e. The number of aryl methyl sites for hydroxylation is 2. The van der Waals surface area contributed by atoms with E-state index in [2.05, 4.69) is 141 Å². The number of Topliss-reactive ketones (excluding diaryl/α,β-unsaturated/α-hetero) is 2. The number of nitrogens with one attached hydrogen (secondary N) is 21. The number of primary amides is 1. The molecule has 4 bridgehead atoms. The third-order valence-electron chi connectivity index (χ3n) is 26.3. The molecule has 6 aromatic heterocycles. The van der Waals surface area contributed by atoms with Crippen LogP contribution in [0.4, 0.5) is 4.79 Å². The number of benzene rings is 1. The van der Waals surface area contributed by atoms with Gasteiger partial charge in [-0.2, -0.15) is 11.8 Å². The van der Waals surface area contributed by atoms with Crippen LogP contribution in [-0.4, -0.2) is 336 Å². The third-order valence-corrected chi connectivity index (χ3v) is 27.8. The molecule has 12 rings (SSSR count). The molecule has 0 radical (unpaired) electrons. The fraction of sp³-hybridized carbons (Fsp3) is 0.574. The predicted molar refractivity (Wildman–Crippen MR) is 532 cm³/mol. The lowest BCUT2D eigenvalue weighted by molar-refractivity contribution is -0.143. The van der Waals surface area contributed by atoms with Gasteiger partial charge in [0.25, 0.3) is 0 Å². The van der Waals surface area contributed by atoms with E-state index in [0.29, 0.717) is 53.5 Å². The van der Waals surface area contributed by atoms with Gasteiger partial charge < -0.3 is 137 Å². The van der Waals surface area contributed by atoms with Crippen LogP contribution in [0.25, 0.3) is 10.9 Å². The highest BCUT2D eigenvalue weighted by molar-refractivity contribution is 8.00. The molecule has 149 heavy (non-hydrogen) atoms. The van der Waals surface area contributed by atoms with Gasteiger partial charge in [0.1, 0.15) is 48.9 Å². The van der Waals surface area contributed by atoms with Gasteiger partial charge >= 0.3 is 6.03 Å². The van der Waals surface area contributed by atoms with Gasteiger partial charge in [0.2, 0.25) is 88.6 Å². The van der Waals surface area contributed by atoms with Gasteiger partial charge in [-0.25, -0.2) is 19.7 Å². The zero-order valence-electron chi connectivity index (χ0n) is 82.7. The number of guanidine groups is 1. The highest BCUT2D eigenvalue weighted by Gasteiger charge is 2.45. The molecule has 0 aliphatic carbocycles. The maximum absolute atomic E-state index is 15.6. The molecule has 5 aliphatic rings. The Labute approximate surface area is 859 Å². The summed E-state index contributed by atoms with van der Waals surface area (Å²) in [6.45, 7) is -1.58. The first kappa shape index (κ1) is 113. The van der Waals surface area contributed by atoms with Gasteiger partial charge in [0, 0.05) is 162 Å². The van der Waals surface area contributed by atoms with Crippen LogP contribution in [0.2, 0.25) is 0 Å². The Morgan fingerprint density at radius 3 is 1.85 bits per heavy atom. The van der Waals surface area contributed by atoms with Crippen LogP contribution in [0.5, 0.6) is 0 Å². The van der Waals surface area contributed by atoms with Crippen LogP contribution in [0, 0.1) is 17.2 Å². The number of thioether (sulfide) groups is 1. The first-order valence-corrected chi connectivity index (χ1v) is 51.2. The van der Waals surface area contributed by atoms with Crippen LogP contribution in [-0.2, 0) is 138 Å². The second-order valence-corrected chi connectivity index (χ2v) is 39.0. The summed E-state index contributed by atoms with van der Waals surface area (Å²) in [6.07, 6.45) is 13.9. The van der Waals surface area contributed by atoms with Crippen molar-refractivity contribution in [1.29, 1.82) is 5.41 Å². The van der Waals surface area contributed by atoms with E-state index in [1.165, 1.54) is 65.0 Å². The van der Waals surface area contributed by atoms with Crippen molar-refractivity contribution in [3.05, 3.63) is 114 Å². The molecule has 0 spiro atoms. The van der Waals surface area contributed by atoms with Gasteiger partial charge in [0.15, 0.2) is 17.5 Å². The lowest BCUT2D eigenvalue weighted by Crippen LogP contribution is -2.61. The molecule has 3 fully saturated rings. The molecule has 3 saturated heterocycles. The van der Waals surface area contributed by atoms with Gasteiger partial charge in [-0.15, -0.1) is 10.2 Å². The molecule has 5 aliphatic heterocycles. The number of unbranched alkanes of at least 4 members (excludes halogenated alkanes) is 2. The largest absolute Gasteiger partial charge is 0.391 e. The molecule has 17 amide bonds. The second-order valence-electron chi connectivity index (χ2n) is 37.7. The predicted octanol–water partition coefficient (Wildman–Crippen LogP) is -6.39. The van der Waals surface area contributed by atoms with E-state index in [0.717, 1.165) is 18.6 Å². The number of nitrogens with zero attached hydrogens (tertiary/aromatic N) is 10. The third kappa shape index (κ3) is 35.3. The number of ketones is 2. The van der Waals surface area contributed by atoms with E-state index in [-0.39, 0.29) is 207 Å². The SMILES string of the molecule is CC(O)[C@H]1NC(=O)[C@@H](Cc2c[nH]cn2)NC(=O)CNC(=O)[C@@H](N)CCCCn2cc(nn2)C[C@@H](C(=O)C[C@@H](CCCCNC(=O)CCCCC2SC[C@@H]3NC(=O)N[C@H]23)C(=O)NCCOCC(=O)N[C@H]2CCCCn3cc(nn3)C[C@@H](C(N)=O)CC(=O)[C@@H](Cc3c[nH]cn3)NC(=O)CNC(=O)[C@@H](CCCNC(=N)N)NC(=O)CNC(=O)[C@@H](Cc3c[nH]cn3)NC2=O)NC(=O)[C@H]2CCCN2C(=O)[C@@H](Cc2c[nH]c3ccccc23)NC1=O. The number of aromatic amines is 4. The monoisotopic (exact) mass is 2090 g/mol. The number of fused-ring (bicyclic) bond motifs is 7. The van der Waals surface area contributed by atoms with Crippen molar-refractivity contribution in [3.63, 3.8) is 0 Å². The summed E-state index contributed by atoms with van der Waals surface area (Å²) >= 11 is 1.77. The van der Waals surface area contributed by atoms with Crippen molar-refractivity contribution in [2.45, 2.75) is 264 Å². The van der Waals surface area contributed by atoms with Crippen molar-refractivity contribution in [3.8, 4) is 0 Å². The zero-order valence-corrected chi connectivity index (χ0v) is 83.5. The molecule has 7 aromatic rings. The Hall–Kier alpha value is -15.2. The van der Waals surface area contributed by atoms with Gasteiger partial charge in [0.05, 0.1) is 116 Å². The quantitative estimate of drug-likeness (QED) is 0.00772. The van der Waals surface area contributed by atoms with Gasteiger partial charge in [-0.1, -0.05) is 41.5 Å². The van der Waals surface area contributed by atoms with E-state index in [1.807, 2.05) is 0 Å². The number of amides is 17. The minimum absolute atomic E-state index is 0.0110. The molecule has 55 heteroatoms. The number of hydrogen-bond donors (Lipinski definition) is 25. The number of urea groups is 1. The Morgan fingerprint density at radius 1 is 0.570 bits per heavy atom. The minimum atomic E-state index is -1.78. The number of nitrogens with two attached hydrogens (primary N) is 3. The van der Waals surface area contributed by atoms with Crippen LogP contribution < -0.4 is 102 Å². The summed E-state index contributed by atoms with van der Waals surface area (Å²) in [5.41, 5.74) is 20.4. The topological polar surface area (TPSA) is 798 Å². The maximum Gasteiger partial charge on any atom is 0.315 e. The summed E-state index contributed by atoms with van der Waals surface area (Å²) in [7, 11) is 0. The van der Waals surface area contributed by atoms with E-state index in [4.69, 9.17) is 27.3 Å². The fourth-order valence-corrected chi connectivity index (χ4v) is 19.9. The Bertz CT molecular complexity index is 5760.